The van der Waals surface area contributed by atoms with Crippen LogP contribution >= 0.6 is 12.4 Å². The van der Waals surface area contributed by atoms with Crippen molar-refractivity contribution in [3.05, 3.63) is 77.4 Å². The Morgan fingerprint density at radius 2 is 1.80 bits per heavy atom. The number of phenolic OH excluding ortho intramolecular Hbond substituents is 1. The summed E-state index contributed by atoms with van der Waals surface area (Å²) in [5.74, 6) is 0.753. The third-order valence-corrected chi connectivity index (χ3v) is 4.55. The molecule has 2 aromatic carbocycles. The van der Waals surface area contributed by atoms with Gasteiger partial charge in [-0.1, -0.05) is 42.5 Å². The van der Waals surface area contributed by atoms with Crippen molar-refractivity contribution in [2.24, 2.45) is 0 Å². The maximum absolute atomic E-state index is 10.1. The first-order valence-electron chi connectivity index (χ1n) is 8.07. The molecule has 4 nitrogen and oxygen atoms in total. The lowest BCUT2D eigenvalue weighted by atomic mass is 9.97. The van der Waals surface area contributed by atoms with Crippen LogP contribution in [0.5, 0.6) is 5.75 Å². The molecule has 4 rings (SSSR count). The number of nitrogens with one attached hydrogen (secondary N) is 1. The molecule has 0 spiro atoms. The highest BCUT2D eigenvalue weighted by atomic mass is 35.5. The number of nitrogens with two attached hydrogens (primary N) is 1. The number of anilines is 1. The van der Waals surface area contributed by atoms with Crippen LogP contribution in [-0.2, 0) is 13.0 Å². The van der Waals surface area contributed by atoms with Crippen molar-refractivity contribution in [3.63, 3.8) is 0 Å². The molecule has 1 atom stereocenters. The summed E-state index contributed by atoms with van der Waals surface area (Å²) in [6.45, 7) is 0.729. The first-order valence-corrected chi connectivity index (χ1v) is 8.07. The number of nitrogen functional groups attached to an aromatic ring is 1. The summed E-state index contributed by atoms with van der Waals surface area (Å²) in [6.07, 6.45) is 0.900. The minimum atomic E-state index is 0. The standard InChI is InChI=1S/C20H19N3O.ClH/c21-20-16-12-22-17(10-13-6-2-1-3-7-13)15(16)11-18(23-20)14-8-4-5-9-19(14)24;/h1-9,11,17,22,24H,10,12H2,(H2,21,23);1H/t17-;/m0./s1. The van der Waals surface area contributed by atoms with Gasteiger partial charge in [-0.25, -0.2) is 4.98 Å². The molecule has 1 aliphatic heterocycles. The van der Waals surface area contributed by atoms with E-state index < -0.39 is 0 Å². The quantitative estimate of drug-likeness (QED) is 0.669. The van der Waals surface area contributed by atoms with E-state index in [0.29, 0.717) is 17.1 Å². The summed E-state index contributed by atoms with van der Waals surface area (Å²) in [6, 6.07) is 19.9. The number of hydrogen-bond acceptors (Lipinski definition) is 4. The predicted molar refractivity (Wildman–Crippen MR) is 103 cm³/mol. The zero-order chi connectivity index (χ0) is 16.5. The van der Waals surface area contributed by atoms with Crippen molar-refractivity contribution < 1.29 is 5.11 Å². The molecule has 128 valence electrons. The first-order chi connectivity index (χ1) is 11.7. The van der Waals surface area contributed by atoms with Crippen LogP contribution in [0.1, 0.15) is 22.7 Å². The number of aromatic nitrogens is 1. The molecule has 0 fully saturated rings. The first kappa shape index (κ1) is 17.3. The number of aromatic hydroxyl groups is 1. The Bertz CT molecular complexity index is 883. The summed E-state index contributed by atoms with van der Waals surface area (Å²) in [4.78, 5) is 4.50. The Morgan fingerprint density at radius 3 is 2.56 bits per heavy atom. The van der Waals surface area contributed by atoms with Gasteiger partial charge in [0.15, 0.2) is 0 Å². The molecular formula is C20H20ClN3O. The zero-order valence-corrected chi connectivity index (χ0v) is 14.5. The van der Waals surface area contributed by atoms with E-state index in [2.05, 4.69) is 34.6 Å². The number of rotatable bonds is 3. The molecule has 1 aromatic heterocycles. The van der Waals surface area contributed by atoms with Crippen LogP contribution in [0.2, 0.25) is 0 Å². The molecule has 0 amide bonds. The molecular weight excluding hydrogens is 334 g/mol. The highest BCUT2D eigenvalue weighted by Crippen LogP contribution is 2.36. The van der Waals surface area contributed by atoms with Crippen LogP contribution in [0.25, 0.3) is 11.3 Å². The average Bonchev–Trinajstić information content (AvgIpc) is 3.00. The van der Waals surface area contributed by atoms with Crippen LogP contribution in [0.15, 0.2) is 60.7 Å². The second-order valence-electron chi connectivity index (χ2n) is 6.10. The van der Waals surface area contributed by atoms with Crippen LogP contribution in [0.4, 0.5) is 5.82 Å². The second kappa shape index (κ2) is 7.13. The normalized spacial score (nSPS) is 15.4. The van der Waals surface area contributed by atoms with Crippen molar-refractivity contribution in [3.8, 4) is 17.0 Å². The minimum absolute atomic E-state index is 0. The zero-order valence-electron chi connectivity index (χ0n) is 13.6. The number of fused-ring (bicyclic) bond motifs is 1. The number of hydrogen-bond donors (Lipinski definition) is 3. The molecule has 0 radical (unpaired) electrons. The molecule has 0 saturated carbocycles. The van der Waals surface area contributed by atoms with Crippen LogP contribution in [-0.4, -0.2) is 10.1 Å². The topological polar surface area (TPSA) is 71.2 Å². The molecule has 0 saturated heterocycles. The van der Waals surface area contributed by atoms with Gasteiger partial charge < -0.3 is 16.2 Å². The second-order valence-corrected chi connectivity index (χ2v) is 6.10. The van der Waals surface area contributed by atoms with Gasteiger partial charge in [0.25, 0.3) is 0 Å². The number of pyridine rings is 1. The molecule has 0 bridgehead atoms. The monoisotopic (exact) mass is 353 g/mol. The van der Waals surface area contributed by atoms with Crippen molar-refractivity contribution in [1.29, 1.82) is 0 Å². The fourth-order valence-electron chi connectivity index (χ4n) is 3.31. The Kier molecular flexibility index (Phi) is 4.93. The minimum Gasteiger partial charge on any atom is -0.507 e. The van der Waals surface area contributed by atoms with Gasteiger partial charge in [-0.3, -0.25) is 0 Å². The van der Waals surface area contributed by atoms with Crippen molar-refractivity contribution in [1.82, 2.24) is 10.3 Å². The molecule has 0 unspecified atom stereocenters. The van der Waals surface area contributed by atoms with E-state index in [1.807, 2.05) is 24.3 Å². The average molecular weight is 354 g/mol. The number of benzene rings is 2. The SMILES string of the molecule is Cl.Nc1nc(-c2ccccc2O)cc2c1CN[C@H]2Cc1ccccc1. The fraction of sp³-hybridized carbons (Fsp3) is 0.150. The summed E-state index contributed by atoms with van der Waals surface area (Å²) < 4.78 is 0. The van der Waals surface area contributed by atoms with E-state index in [1.54, 1.807) is 12.1 Å². The highest BCUT2D eigenvalue weighted by Gasteiger charge is 2.26. The van der Waals surface area contributed by atoms with Crippen molar-refractivity contribution in [2.45, 2.75) is 19.0 Å². The highest BCUT2D eigenvalue weighted by molar-refractivity contribution is 5.85. The van der Waals surface area contributed by atoms with Gasteiger partial charge in [-0.2, -0.15) is 0 Å². The third-order valence-electron chi connectivity index (χ3n) is 4.55. The molecule has 5 heteroatoms. The lowest BCUT2D eigenvalue weighted by Crippen LogP contribution is -2.14. The van der Waals surface area contributed by atoms with E-state index in [0.717, 1.165) is 18.5 Å². The van der Waals surface area contributed by atoms with Crippen LogP contribution < -0.4 is 11.1 Å². The third kappa shape index (κ3) is 3.31. The summed E-state index contributed by atoms with van der Waals surface area (Å²) in [5.41, 5.74) is 11.1. The van der Waals surface area contributed by atoms with Gasteiger partial charge in [-0.15, -0.1) is 12.4 Å². The van der Waals surface area contributed by atoms with Crippen molar-refractivity contribution >= 4 is 18.2 Å². The summed E-state index contributed by atoms with van der Waals surface area (Å²) in [5, 5.41) is 13.6. The predicted octanol–water partition coefficient (Wildman–Crippen LogP) is 3.85. The van der Waals surface area contributed by atoms with E-state index in [9.17, 15) is 5.11 Å². The molecule has 3 aromatic rings. The van der Waals surface area contributed by atoms with Gasteiger partial charge in [0, 0.05) is 23.7 Å². The molecule has 0 aliphatic carbocycles. The number of para-hydroxylation sites is 1. The van der Waals surface area contributed by atoms with Gasteiger partial charge in [-0.05, 0) is 35.7 Å². The fourth-order valence-corrected chi connectivity index (χ4v) is 3.31. The number of phenols is 1. The maximum Gasteiger partial charge on any atom is 0.128 e. The van der Waals surface area contributed by atoms with Crippen molar-refractivity contribution in [2.75, 3.05) is 5.73 Å². The maximum atomic E-state index is 10.1. The van der Waals surface area contributed by atoms with Gasteiger partial charge in [0.1, 0.15) is 11.6 Å². The van der Waals surface area contributed by atoms with E-state index in [4.69, 9.17) is 5.73 Å². The van der Waals surface area contributed by atoms with Gasteiger partial charge in [0.05, 0.1) is 5.69 Å². The van der Waals surface area contributed by atoms with E-state index >= 15 is 0 Å². The smallest absolute Gasteiger partial charge is 0.128 e. The Labute approximate surface area is 153 Å². The largest absolute Gasteiger partial charge is 0.507 e. The van der Waals surface area contributed by atoms with Crippen LogP contribution in [0, 0.1) is 0 Å². The lowest BCUT2D eigenvalue weighted by molar-refractivity contribution is 0.477. The number of halogens is 1. The Balaban J connectivity index is 0.00000182. The van der Waals surface area contributed by atoms with Gasteiger partial charge in [0.2, 0.25) is 0 Å². The molecule has 2 heterocycles. The summed E-state index contributed by atoms with van der Waals surface area (Å²) in [7, 11) is 0. The lowest BCUT2D eigenvalue weighted by Gasteiger charge is -2.14. The van der Waals surface area contributed by atoms with E-state index in [-0.39, 0.29) is 24.2 Å². The van der Waals surface area contributed by atoms with E-state index in [1.165, 1.54) is 11.1 Å². The van der Waals surface area contributed by atoms with Gasteiger partial charge >= 0.3 is 0 Å². The molecule has 25 heavy (non-hydrogen) atoms. The Morgan fingerprint density at radius 1 is 1.08 bits per heavy atom. The number of nitrogens with zero attached hydrogens (tertiary/aromatic N) is 1. The molecule has 1 aliphatic rings. The van der Waals surface area contributed by atoms with Crippen LogP contribution in [0.3, 0.4) is 0 Å². The Hall–Kier alpha value is -2.56. The molecule has 4 N–H and O–H groups in total. The summed E-state index contributed by atoms with van der Waals surface area (Å²) >= 11 is 0.